The zero-order chi connectivity index (χ0) is 94.7. The molecular weight excluding hydrogens is 1590 g/mol. The standard InChI is InChI=1S/C81H142N20O21/c1-27-80(25,71(120)90-49(31-33-54(82)104)60(109)87-48(41-102)36-42(3)4)100-70(119)78(21,22)96-63(112)52(38-44(7)8)89-64(113)53-30-29-35-101(53)73(122)79(23,24)97-62(111)51(37-43(5)6)88-57(107)40-85-67(116)75(15,16)98-65(114)58(45(9)10)92-68(117)76(17,18)95-61(110)50(32-34-55(83)105)91-72(121)81(26,28-2)99-69(118)77(19,20)94-59(108)46(11)86-56(106)39-84-66(115)74(13,14)93-47(12)103/h42-46,48-53,58,102H,27-41H2,1-26H3,(H2,82,104)(H2,83,105)(H,84,115)(H,85,116)(H,86,106)(H,87,109)(H,88,107)(H,89,113)(H,90,120)(H,91,121)(H,92,117)(H,93,103)(H,94,108)(H,95,110)(H,96,112)(H,97,111)(H,98,114)(H,99,118)(H,100,119)/t46-,48-,49-,50-,51-,52-,53-,58-,80-,81-/m0/s1. The highest BCUT2D eigenvalue weighted by Crippen LogP contribution is 2.25. The van der Waals surface area contributed by atoms with Gasteiger partial charge in [-0.2, -0.15) is 0 Å². The third kappa shape index (κ3) is 35.1. The molecule has 0 aliphatic carbocycles. The van der Waals surface area contributed by atoms with Crippen LogP contribution < -0.4 is 102 Å². The van der Waals surface area contributed by atoms with Gasteiger partial charge in [-0.3, -0.25) is 95.9 Å². The summed E-state index contributed by atoms with van der Waals surface area (Å²) in [5.41, 5.74) is -2.96. The molecule has 1 heterocycles. The predicted molar refractivity (Wildman–Crippen MR) is 450 cm³/mol. The topological polar surface area (TPSA) is 621 Å². The van der Waals surface area contributed by atoms with E-state index >= 15 is 0 Å². The summed E-state index contributed by atoms with van der Waals surface area (Å²) in [6.45, 7) is 37.0. The highest BCUT2D eigenvalue weighted by Gasteiger charge is 2.48. The van der Waals surface area contributed by atoms with E-state index in [0.717, 1.165) is 0 Å². The highest BCUT2D eigenvalue weighted by atomic mass is 16.3. The zero-order valence-electron chi connectivity index (χ0n) is 76.2. The molecule has 10 atom stereocenters. The van der Waals surface area contributed by atoms with E-state index in [-0.39, 0.29) is 69.2 Å². The Kier molecular flexibility index (Phi) is 41.7. The number of aliphatic hydroxyl groups is 1. The van der Waals surface area contributed by atoms with Crippen LogP contribution in [0.5, 0.6) is 0 Å². The second-order valence-corrected chi connectivity index (χ2v) is 36.7. The fourth-order valence-corrected chi connectivity index (χ4v) is 12.5. The van der Waals surface area contributed by atoms with Crippen LogP contribution in [0.3, 0.4) is 0 Å². The molecule has 0 aromatic heterocycles. The van der Waals surface area contributed by atoms with Crippen LogP contribution in [0.4, 0.5) is 0 Å². The van der Waals surface area contributed by atoms with Crippen molar-refractivity contribution in [3.05, 3.63) is 0 Å². The lowest BCUT2D eigenvalue weighted by molar-refractivity contribution is -0.145. The van der Waals surface area contributed by atoms with Gasteiger partial charge in [0.15, 0.2) is 0 Å². The first-order chi connectivity index (χ1) is 55.7. The van der Waals surface area contributed by atoms with Crippen molar-refractivity contribution in [3.8, 4) is 0 Å². The third-order valence-electron chi connectivity index (χ3n) is 20.5. The molecule has 0 unspecified atom stereocenters. The van der Waals surface area contributed by atoms with Gasteiger partial charge in [0, 0.05) is 26.3 Å². The monoisotopic (exact) mass is 1730 g/mol. The lowest BCUT2D eigenvalue weighted by Crippen LogP contribution is -2.67. The summed E-state index contributed by atoms with van der Waals surface area (Å²) in [4.78, 5) is 272. The molecule has 1 fully saturated rings. The van der Waals surface area contributed by atoms with Gasteiger partial charge in [-0.05, 0) is 185 Å². The Labute approximate surface area is 716 Å². The van der Waals surface area contributed by atoms with E-state index in [4.69, 9.17) is 11.5 Å². The molecule has 0 spiro atoms. The van der Waals surface area contributed by atoms with Gasteiger partial charge in [-0.1, -0.05) is 69.2 Å². The van der Waals surface area contributed by atoms with Gasteiger partial charge >= 0.3 is 0 Å². The normalized spacial score (nSPS) is 16.0. The number of amides is 20. The first-order valence-corrected chi connectivity index (χ1v) is 41.4. The maximum Gasteiger partial charge on any atom is 0.248 e. The molecule has 1 saturated heterocycles. The minimum Gasteiger partial charge on any atom is -0.394 e. The van der Waals surface area contributed by atoms with Gasteiger partial charge in [0.2, 0.25) is 118 Å². The molecule has 0 saturated carbocycles. The van der Waals surface area contributed by atoms with E-state index in [1.165, 1.54) is 123 Å². The average Bonchev–Trinajstić information content (AvgIpc) is 1.69. The molecule has 0 bridgehead atoms. The number of rotatable bonds is 50. The SMILES string of the molecule is CC[C@](C)(NC(=O)C(C)(C)NC(=O)[C@H](C)NC(=O)CNC(=O)C(C)(C)NC(C)=O)C(=O)N[C@@H](CCC(N)=O)C(=O)NC(C)(C)C(=O)N[C@H](C(=O)NC(C)(C)C(=O)NCC(=O)N[C@@H](CC(C)C)C(=O)NC(C)(C)C(=O)N1CCC[C@H]1C(=O)N[C@@H](CC(C)C)C(=O)NC(C)(C)C(=O)N[C@@](C)(CC)C(=O)N[C@@H](CCC(N)=O)C(=O)N[C@H](CO)CC(C)C)C(C)C. The molecule has 1 aliphatic rings. The van der Waals surface area contributed by atoms with Crippen molar-refractivity contribution in [2.45, 2.75) is 343 Å². The van der Waals surface area contributed by atoms with Gasteiger partial charge in [-0.25, -0.2) is 0 Å². The zero-order valence-corrected chi connectivity index (χ0v) is 76.2. The van der Waals surface area contributed by atoms with Crippen molar-refractivity contribution in [1.82, 2.24) is 95.3 Å². The smallest absolute Gasteiger partial charge is 0.248 e. The fourth-order valence-electron chi connectivity index (χ4n) is 12.5. The summed E-state index contributed by atoms with van der Waals surface area (Å²) in [6.07, 6.45) is -0.437. The molecule has 1 rings (SSSR count). The largest absolute Gasteiger partial charge is 0.394 e. The van der Waals surface area contributed by atoms with Crippen LogP contribution in [0.15, 0.2) is 0 Å². The summed E-state index contributed by atoms with van der Waals surface area (Å²) >= 11 is 0. The lowest BCUT2D eigenvalue weighted by Gasteiger charge is -2.36. The molecule has 692 valence electrons. The number of carbonyl (C=O) groups excluding carboxylic acids is 20. The van der Waals surface area contributed by atoms with Crippen molar-refractivity contribution >= 4 is 118 Å². The minimum absolute atomic E-state index is 0.0131. The number of aliphatic hydroxyl groups excluding tert-OH is 1. The van der Waals surface area contributed by atoms with E-state index in [1.54, 1.807) is 48.5 Å². The van der Waals surface area contributed by atoms with E-state index in [0.29, 0.717) is 12.8 Å². The average molecular weight is 1730 g/mol. The molecule has 41 nitrogen and oxygen atoms in total. The van der Waals surface area contributed by atoms with Crippen LogP contribution in [-0.2, 0) is 95.9 Å². The number of nitrogens with two attached hydrogens (primary N) is 2. The van der Waals surface area contributed by atoms with Crippen molar-refractivity contribution in [2.75, 3.05) is 26.2 Å². The number of nitrogens with zero attached hydrogens (tertiary/aromatic N) is 1. The quantitative estimate of drug-likeness (QED) is 0.0287. The summed E-state index contributed by atoms with van der Waals surface area (Å²) < 4.78 is 0. The Bertz CT molecular complexity index is 3820. The number of hydrogen-bond acceptors (Lipinski definition) is 21. The minimum atomic E-state index is -1.89. The van der Waals surface area contributed by atoms with Crippen molar-refractivity contribution in [2.24, 2.45) is 35.1 Å². The van der Waals surface area contributed by atoms with E-state index in [9.17, 15) is 101 Å². The van der Waals surface area contributed by atoms with Gasteiger partial charge in [-0.15, -0.1) is 0 Å². The maximum atomic E-state index is 14.6. The molecule has 1 aliphatic heterocycles. The molecule has 41 heteroatoms. The summed E-state index contributed by atoms with van der Waals surface area (Å²) in [5, 5.41) is 53.6. The molecule has 0 radical (unpaired) electrons. The van der Waals surface area contributed by atoms with E-state index < -0.39 is 249 Å². The Morgan fingerprint density at radius 2 is 0.762 bits per heavy atom. The summed E-state index contributed by atoms with van der Waals surface area (Å²) in [7, 11) is 0. The van der Waals surface area contributed by atoms with Gasteiger partial charge < -0.3 is 112 Å². The van der Waals surface area contributed by atoms with Gasteiger partial charge in [0.1, 0.15) is 86.6 Å². The number of likely N-dealkylation sites (tertiary alicyclic amines) is 1. The fraction of sp³-hybridized carbons (Fsp3) is 0.753. The molecule has 22 N–H and O–H groups in total. The van der Waals surface area contributed by atoms with Crippen molar-refractivity contribution < 1.29 is 101 Å². The maximum absolute atomic E-state index is 14.6. The Hall–Kier alpha value is -10.6. The van der Waals surface area contributed by atoms with Gasteiger partial charge in [0.25, 0.3) is 0 Å². The molecular formula is C81H142N20O21. The summed E-state index contributed by atoms with van der Waals surface area (Å²) in [6, 6.07) is -9.89. The van der Waals surface area contributed by atoms with Crippen LogP contribution in [0.25, 0.3) is 0 Å². The van der Waals surface area contributed by atoms with Gasteiger partial charge in [0.05, 0.1) is 25.7 Å². The predicted octanol–water partition coefficient (Wildman–Crippen LogP) is -3.10. The Morgan fingerprint density at radius 1 is 0.393 bits per heavy atom. The third-order valence-corrected chi connectivity index (χ3v) is 20.5. The Balaban J connectivity index is 3.24. The number of hydrogen-bond donors (Lipinski definition) is 20. The highest BCUT2D eigenvalue weighted by molar-refractivity contribution is 6.04. The van der Waals surface area contributed by atoms with Crippen molar-refractivity contribution in [1.29, 1.82) is 0 Å². The van der Waals surface area contributed by atoms with Crippen LogP contribution in [-0.4, -0.2) is 247 Å². The Morgan fingerprint density at radius 3 is 1.16 bits per heavy atom. The van der Waals surface area contributed by atoms with Crippen LogP contribution in [0.2, 0.25) is 0 Å². The molecule has 0 aromatic rings. The van der Waals surface area contributed by atoms with E-state index in [2.05, 4.69) is 90.4 Å². The second-order valence-electron chi connectivity index (χ2n) is 36.7. The first kappa shape index (κ1) is 109. The molecule has 122 heavy (non-hydrogen) atoms. The first-order valence-electron chi connectivity index (χ1n) is 41.4. The summed E-state index contributed by atoms with van der Waals surface area (Å²) in [5.74, 6) is -17.1. The van der Waals surface area contributed by atoms with Crippen LogP contribution in [0.1, 0.15) is 251 Å². The van der Waals surface area contributed by atoms with Crippen molar-refractivity contribution in [3.63, 3.8) is 0 Å². The second kappa shape index (κ2) is 46.6. The van der Waals surface area contributed by atoms with Crippen LogP contribution >= 0.6 is 0 Å². The number of primary amides is 2. The van der Waals surface area contributed by atoms with E-state index in [1.807, 2.05) is 13.8 Å². The van der Waals surface area contributed by atoms with Crippen LogP contribution in [0, 0.1) is 23.7 Å². The number of nitrogens with one attached hydrogen (secondary N) is 17. The lowest BCUT2D eigenvalue weighted by atomic mass is 9.93. The molecule has 20 amide bonds. The number of carbonyl (C=O) groups is 20. The molecule has 0 aromatic carbocycles.